The lowest BCUT2D eigenvalue weighted by molar-refractivity contribution is 0.0669. The summed E-state index contributed by atoms with van der Waals surface area (Å²) in [6.07, 6.45) is 0. The van der Waals surface area contributed by atoms with Crippen LogP contribution in [0.2, 0.25) is 4.34 Å². The van der Waals surface area contributed by atoms with Crippen molar-refractivity contribution in [2.45, 2.75) is 0 Å². The van der Waals surface area contributed by atoms with Gasteiger partial charge in [-0.1, -0.05) is 11.6 Å². The van der Waals surface area contributed by atoms with Crippen LogP contribution in [0.3, 0.4) is 0 Å². The summed E-state index contributed by atoms with van der Waals surface area (Å²) in [5.41, 5.74) is 0. The Labute approximate surface area is 98.2 Å². The van der Waals surface area contributed by atoms with Crippen molar-refractivity contribution in [2.75, 3.05) is 33.2 Å². The molecule has 1 aromatic heterocycles. The normalized spacial score (nSPS) is 18.1. The van der Waals surface area contributed by atoms with Gasteiger partial charge in [-0.3, -0.25) is 4.79 Å². The summed E-state index contributed by atoms with van der Waals surface area (Å²) >= 11 is 7.16. The summed E-state index contributed by atoms with van der Waals surface area (Å²) in [7, 11) is 2.07. The highest BCUT2D eigenvalue weighted by Crippen LogP contribution is 2.23. The van der Waals surface area contributed by atoms with E-state index < -0.39 is 0 Å². The van der Waals surface area contributed by atoms with Gasteiger partial charge in [0.25, 0.3) is 5.91 Å². The van der Waals surface area contributed by atoms with Gasteiger partial charge in [0.1, 0.15) is 0 Å². The van der Waals surface area contributed by atoms with Crippen molar-refractivity contribution in [3.05, 3.63) is 21.3 Å². The first-order chi connectivity index (χ1) is 7.16. The van der Waals surface area contributed by atoms with Crippen LogP contribution >= 0.6 is 22.9 Å². The van der Waals surface area contributed by atoms with Gasteiger partial charge in [0.05, 0.1) is 9.21 Å². The number of piperazine rings is 1. The highest BCUT2D eigenvalue weighted by Gasteiger charge is 2.21. The molecule has 0 radical (unpaired) electrons. The van der Waals surface area contributed by atoms with Gasteiger partial charge in [-0.25, -0.2) is 0 Å². The summed E-state index contributed by atoms with van der Waals surface area (Å²) in [4.78, 5) is 16.8. The summed E-state index contributed by atoms with van der Waals surface area (Å²) in [5.74, 6) is 0.111. The molecular formula is C10H13ClN2OS. The molecule has 1 saturated heterocycles. The lowest BCUT2D eigenvalue weighted by Gasteiger charge is -2.32. The molecule has 1 aliphatic rings. The second-order valence-electron chi connectivity index (χ2n) is 3.70. The molecule has 1 aliphatic heterocycles. The molecule has 15 heavy (non-hydrogen) atoms. The molecule has 0 bridgehead atoms. The van der Waals surface area contributed by atoms with Gasteiger partial charge in [-0.05, 0) is 19.2 Å². The molecule has 1 amide bonds. The summed E-state index contributed by atoms with van der Waals surface area (Å²) in [5, 5.41) is 0. The van der Waals surface area contributed by atoms with E-state index in [9.17, 15) is 4.79 Å². The number of thiophene rings is 1. The molecule has 82 valence electrons. The third kappa shape index (κ3) is 2.51. The Morgan fingerprint density at radius 3 is 2.53 bits per heavy atom. The topological polar surface area (TPSA) is 23.6 Å². The first-order valence-corrected chi connectivity index (χ1v) is 6.09. The van der Waals surface area contributed by atoms with Crippen molar-refractivity contribution in [2.24, 2.45) is 0 Å². The minimum absolute atomic E-state index is 0.111. The maximum Gasteiger partial charge on any atom is 0.264 e. The predicted molar refractivity (Wildman–Crippen MR) is 62.7 cm³/mol. The lowest BCUT2D eigenvalue weighted by atomic mass is 10.3. The van der Waals surface area contributed by atoms with E-state index in [1.54, 1.807) is 12.1 Å². The predicted octanol–water partition coefficient (Wildman–Crippen LogP) is 1.79. The largest absolute Gasteiger partial charge is 0.335 e. The van der Waals surface area contributed by atoms with E-state index in [4.69, 9.17) is 11.6 Å². The maximum absolute atomic E-state index is 12.0. The van der Waals surface area contributed by atoms with Crippen molar-refractivity contribution >= 4 is 28.8 Å². The minimum atomic E-state index is 0.111. The van der Waals surface area contributed by atoms with E-state index in [0.29, 0.717) is 4.34 Å². The van der Waals surface area contributed by atoms with Crippen molar-refractivity contribution in [3.8, 4) is 0 Å². The zero-order valence-corrected chi connectivity index (χ0v) is 10.1. The smallest absolute Gasteiger partial charge is 0.264 e. The molecule has 0 saturated carbocycles. The van der Waals surface area contributed by atoms with Gasteiger partial charge in [0.15, 0.2) is 0 Å². The zero-order valence-electron chi connectivity index (χ0n) is 8.57. The van der Waals surface area contributed by atoms with Crippen LogP contribution in [0.4, 0.5) is 0 Å². The summed E-state index contributed by atoms with van der Waals surface area (Å²) in [6.45, 7) is 3.52. The number of hydrogen-bond acceptors (Lipinski definition) is 3. The van der Waals surface area contributed by atoms with Crippen molar-refractivity contribution in [1.29, 1.82) is 0 Å². The number of hydrogen-bond donors (Lipinski definition) is 0. The monoisotopic (exact) mass is 244 g/mol. The van der Waals surface area contributed by atoms with E-state index in [2.05, 4.69) is 11.9 Å². The quantitative estimate of drug-likeness (QED) is 0.752. The van der Waals surface area contributed by atoms with E-state index >= 15 is 0 Å². The fourth-order valence-electron chi connectivity index (χ4n) is 1.59. The molecule has 0 N–H and O–H groups in total. The third-order valence-electron chi connectivity index (χ3n) is 2.57. The molecule has 2 rings (SSSR count). The Morgan fingerprint density at radius 2 is 2.00 bits per heavy atom. The second-order valence-corrected chi connectivity index (χ2v) is 5.41. The highest BCUT2D eigenvalue weighted by atomic mass is 35.5. The number of halogens is 1. The SMILES string of the molecule is CN1CCN(C(=O)c2ccc(Cl)s2)CC1. The van der Waals surface area contributed by atoms with Gasteiger partial charge < -0.3 is 9.80 Å². The minimum Gasteiger partial charge on any atom is -0.335 e. The van der Waals surface area contributed by atoms with Crippen LogP contribution in [0.25, 0.3) is 0 Å². The Balaban J connectivity index is 2.02. The van der Waals surface area contributed by atoms with Gasteiger partial charge >= 0.3 is 0 Å². The fraction of sp³-hybridized carbons (Fsp3) is 0.500. The maximum atomic E-state index is 12.0. The molecule has 0 spiro atoms. The summed E-state index contributed by atoms with van der Waals surface area (Å²) < 4.78 is 0.674. The van der Waals surface area contributed by atoms with E-state index in [1.165, 1.54) is 11.3 Å². The number of likely N-dealkylation sites (N-methyl/N-ethyl adjacent to an activating group) is 1. The Hall–Kier alpha value is -0.580. The van der Waals surface area contributed by atoms with Crippen LogP contribution in [0.15, 0.2) is 12.1 Å². The van der Waals surface area contributed by atoms with Gasteiger partial charge in [0.2, 0.25) is 0 Å². The highest BCUT2D eigenvalue weighted by molar-refractivity contribution is 7.17. The zero-order chi connectivity index (χ0) is 10.8. The van der Waals surface area contributed by atoms with Gasteiger partial charge in [0, 0.05) is 26.2 Å². The number of carbonyl (C=O) groups excluding carboxylic acids is 1. The molecule has 1 aromatic rings. The fourth-order valence-corrected chi connectivity index (χ4v) is 2.61. The Morgan fingerprint density at radius 1 is 1.33 bits per heavy atom. The second kappa shape index (κ2) is 4.51. The Bertz CT molecular complexity index is 358. The number of rotatable bonds is 1. The summed E-state index contributed by atoms with van der Waals surface area (Å²) in [6, 6.07) is 3.57. The van der Waals surface area contributed by atoms with Crippen LogP contribution in [-0.2, 0) is 0 Å². The molecule has 5 heteroatoms. The van der Waals surface area contributed by atoms with Crippen LogP contribution in [-0.4, -0.2) is 48.9 Å². The van der Waals surface area contributed by atoms with Crippen molar-refractivity contribution in [3.63, 3.8) is 0 Å². The molecule has 2 heterocycles. The average Bonchev–Trinajstić information content (AvgIpc) is 2.65. The lowest BCUT2D eigenvalue weighted by Crippen LogP contribution is -2.46. The van der Waals surface area contributed by atoms with E-state index in [1.807, 2.05) is 4.90 Å². The van der Waals surface area contributed by atoms with E-state index in [0.717, 1.165) is 31.1 Å². The van der Waals surface area contributed by atoms with Gasteiger partial charge in [-0.15, -0.1) is 11.3 Å². The van der Waals surface area contributed by atoms with E-state index in [-0.39, 0.29) is 5.91 Å². The molecule has 0 unspecified atom stereocenters. The molecule has 3 nitrogen and oxygen atoms in total. The van der Waals surface area contributed by atoms with Crippen molar-refractivity contribution in [1.82, 2.24) is 9.80 Å². The molecular weight excluding hydrogens is 232 g/mol. The third-order valence-corrected chi connectivity index (χ3v) is 3.79. The van der Waals surface area contributed by atoms with Crippen LogP contribution in [0.1, 0.15) is 9.67 Å². The average molecular weight is 245 g/mol. The van der Waals surface area contributed by atoms with Crippen molar-refractivity contribution < 1.29 is 4.79 Å². The van der Waals surface area contributed by atoms with Gasteiger partial charge in [-0.2, -0.15) is 0 Å². The number of carbonyl (C=O) groups is 1. The standard InChI is InChI=1S/C10H13ClN2OS/c1-12-4-6-13(7-5-12)10(14)8-2-3-9(11)15-8/h2-3H,4-7H2,1H3. The molecule has 0 aliphatic carbocycles. The first kappa shape index (κ1) is 10.9. The number of amides is 1. The first-order valence-electron chi connectivity index (χ1n) is 4.90. The van der Waals surface area contributed by atoms with Crippen LogP contribution in [0, 0.1) is 0 Å². The van der Waals surface area contributed by atoms with Crippen LogP contribution in [0.5, 0.6) is 0 Å². The van der Waals surface area contributed by atoms with Crippen LogP contribution < -0.4 is 0 Å². The molecule has 0 atom stereocenters. The molecule has 1 fully saturated rings. The molecule has 0 aromatic carbocycles. The number of nitrogens with zero attached hydrogens (tertiary/aromatic N) is 2. The Kier molecular flexibility index (Phi) is 3.29.